The third kappa shape index (κ3) is 2.22. The molecule has 0 aromatic carbocycles. The molecule has 1 rings (SSSR count). The summed E-state index contributed by atoms with van der Waals surface area (Å²) in [5.74, 6) is 2.18. The second kappa shape index (κ2) is 4.14. The van der Waals surface area contributed by atoms with E-state index in [0.717, 1.165) is 0 Å². The minimum absolute atomic E-state index is 0. The third-order valence-corrected chi connectivity index (χ3v) is 2.33. The number of aryl methyl sites for hydroxylation is 2. The van der Waals surface area contributed by atoms with Crippen LogP contribution in [0.5, 0.6) is 0 Å². The quantitative estimate of drug-likeness (QED) is 0.421. The van der Waals surface area contributed by atoms with Crippen molar-refractivity contribution < 1.29 is 20.3 Å². The molecule has 0 unspecified atom stereocenters. The van der Waals surface area contributed by atoms with Gasteiger partial charge in [0.15, 0.2) is 0 Å². The predicted molar refractivity (Wildman–Crippen MR) is 47.8 cm³/mol. The molecule has 0 aliphatic rings. The first-order chi connectivity index (χ1) is 4.63. The number of hydrogen-bond donors (Lipinski definition) is 0. The van der Waals surface area contributed by atoms with Crippen LogP contribution < -0.4 is 18.9 Å². The largest absolute Gasteiger partial charge is 1.00 e. The zero-order chi connectivity index (χ0) is 7.72. The Balaban J connectivity index is 0. The zero-order valence-electron chi connectivity index (χ0n) is 9.15. The van der Waals surface area contributed by atoms with Gasteiger partial charge in [-0.05, 0) is 0 Å². The van der Waals surface area contributed by atoms with Gasteiger partial charge in [-0.2, -0.15) is 0 Å². The fraction of sp³-hybridized carbons (Fsp3) is 0.444. The third-order valence-electron chi connectivity index (χ3n) is 2.33. The van der Waals surface area contributed by atoms with Crippen LogP contribution in [0.15, 0.2) is 5.96 Å². The normalized spacial score (nSPS) is 8.73. The minimum atomic E-state index is 0. The average Bonchev–Trinajstić information content (AvgIpc) is 1.93. The maximum Gasteiger partial charge on any atom is 1.00 e. The van der Waals surface area contributed by atoms with E-state index in [4.69, 9.17) is 0 Å². The van der Waals surface area contributed by atoms with Crippen molar-refractivity contribution in [1.29, 1.82) is 0 Å². The van der Waals surface area contributed by atoms with E-state index >= 15 is 0 Å². The summed E-state index contributed by atoms with van der Waals surface area (Å²) in [5, 5.41) is 0. The number of rotatable bonds is 0. The SMILES string of the molecule is Cc1bcc(C)c(C)c1C.[H-].[Li+]. The van der Waals surface area contributed by atoms with Crippen molar-refractivity contribution in [1.82, 2.24) is 0 Å². The summed E-state index contributed by atoms with van der Waals surface area (Å²) in [6.07, 6.45) is 0. The summed E-state index contributed by atoms with van der Waals surface area (Å²) < 4.78 is 0. The van der Waals surface area contributed by atoms with Gasteiger partial charge in [0.2, 0.25) is 0 Å². The summed E-state index contributed by atoms with van der Waals surface area (Å²) in [7, 11) is 0. The predicted octanol–water partition coefficient (Wildman–Crippen LogP) is -0.625. The maximum absolute atomic E-state index is 2.18. The molecule has 0 nitrogen and oxygen atoms in total. The van der Waals surface area contributed by atoms with E-state index in [1.54, 1.807) is 0 Å². The van der Waals surface area contributed by atoms with Crippen LogP contribution in [0.1, 0.15) is 23.6 Å². The summed E-state index contributed by atoms with van der Waals surface area (Å²) >= 11 is 0. The fourth-order valence-corrected chi connectivity index (χ4v) is 1.09. The molecule has 54 valence electrons. The molecule has 2 heteroatoms. The molecule has 0 bridgehead atoms. The molecule has 0 fully saturated rings. The van der Waals surface area contributed by atoms with Crippen molar-refractivity contribution in [2.75, 3.05) is 0 Å². The van der Waals surface area contributed by atoms with Gasteiger partial charge in [-0.25, -0.2) is 0 Å². The second-order valence-corrected chi connectivity index (χ2v) is 2.95. The van der Waals surface area contributed by atoms with Crippen LogP contribution in [0.4, 0.5) is 0 Å². The van der Waals surface area contributed by atoms with E-state index < -0.39 is 0 Å². The Bertz CT molecular complexity index is 234. The van der Waals surface area contributed by atoms with E-state index in [1.165, 1.54) is 22.1 Å². The molecule has 0 aliphatic heterocycles. The molecule has 0 aliphatic carbocycles. The molecule has 0 saturated heterocycles. The number of hydrogen-bond acceptors (Lipinski definition) is 0. The van der Waals surface area contributed by atoms with Gasteiger partial charge < -0.3 is 1.43 Å². The van der Waals surface area contributed by atoms with E-state index in [2.05, 4.69) is 40.6 Å². The van der Waals surface area contributed by atoms with E-state index in [9.17, 15) is 0 Å². The molecule has 1 aromatic heterocycles. The van der Waals surface area contributed by atoms with Crippen molar-refractivity contribution in [3.05, 3.63) is 28.1 Å². The van der Waals surface area contributed by atoms with Crippen molar-refractivity contribution in [2.45, 2.75) is 27.7 Å². The fourth-order valence-electron chi connectivity index (χ4n) is 1.09. The van der Waals surface area contributed by atoms with Crippen LogP contribution in [0.2, 0.25) is 0 Å². The molecule has 0 N–H and O–H groups in total. The van der Waals surface area contributed by atoms with Crippen LogP contribution in [0.3, 0.4) is 0 Å². The summed E-state index contributed by atoms with van der Waals surface area (Å²) in [6, 6.07) is 0. The molecule has 0 radical (unpaired) electrons. The van der Waals surface area contributed by atoms with Crippen molar-refractivity contribution in [3.63, 3.8) is 0 Å². The Morgan fingerprint density at radius 2 is 1.64 bits per heavy atom. The van der Waals surface area contributed by atoms with Gasteiger partial charge in [0.1, 0.15) is 0 Å². The van der Waals surface area contributed by atoms with E-state index in [1.807, 2.05) is 0 Å². The standard InChI is InChI=1S/C9H13B.Li.H/c1-6-5-10-9(4)8(3)7(6)2;;/h5H,1-4H3;;/q;+1;-1. The molecule has 1 heterocycles. The summed E-state index contributed by atoms with van der Waals surface area (Å²) in [4.78, 5) is 0. The van der Waals surface area contributed by atoms with Gasteiger partial charge in [-0.15, -0.1) is 0 Å². The molecular weight excluding hydrogens is 126 g/mol. The Morgan fingerprint density at radius 3 is 2.09 bits per heavy atom. The van der Waals surface area contributed by atoms with Crippen LogP contribution in [0.25, 0.3) is 0 Å². The Hall–Kier alpha value is 0.0123. The van der Waals surface area contributed by atoms with E-state index in [-0.39, 0.29) is 20.3 Å². The second-order valence-electron chi connectivity index (χ2n) is 2.95. The van der Waals surface area contributed by atoms with Crippen LogP contribution in [-0.4, -0.2) is 6.91 Å². The first-order valence-corrected chi connectivity index (χ1v) is 3.66. The van der Waals surface area contributed by atoms with Crippen LogP contribution >= 0.6 is 0 Å². The van der Waals surface area contributed by atoms with Crippen LogP contribution in [-0.2, 0) is 0 Å². The molecule has 1 aromatic rings. The molecule has 11 heavy (non-hydrogen) atoms. The summed E-state index contributed by atoms with van der Waals surface area (Å²) in [5.41, 5.74) is 5.64. The zero-order valence-corrected chi connectivity index (χ0v) is 8.15. The van der Waals surface area contributed by atoms with Crippen LogP contribution in [0, 0.1) is 27.7 Å². The topological polar surface area (TPSA) is 0 Å². The van der Waals surface area contributed by atoms with Gasteiger partial charge in [0.05, 0.1) is 0 Å². The molecule has 0 spiro atoms. The molecule has 0 atom stereocenters. The smallest absolute Gasteiger partial charge is 1.00 e. The average molecular weight is 140 g/mol. The minimum Gasteiger partial charge on any atom is -1.00 e. The molecule has 0 saturated carbocycles. The van der Waals surface area contributed by atoms with Gasteiger partial charge >= 0.3 is 81.6 Å². The Labute approximate surface area is 83.3 Å². The van der Waals surface area contributed by atoms with Crippen molar-refractivity contribution in [2.24, 2.45) is 0 Å². The molecular formula is C9H14BLi. The van der Waals surface area contributed by atoms with E-state index in [0.29, 0.717) is 0 Å². The monoisotopic (exact) mass is 140 g/mol. The van der Waals surface area contributed by atoms with Gasteiger partial charge in [0, 0.05) is 0 Å². The van der Waals surface area contributed by atoms with Crippen molar-refractivity contribution >= 4 is 6.91 Å². The van der Waals surface area contributed by atoms with Gasteiger partial charge in [0.25, 0.3) is 0 Å². The maximum atomic E-state index is 2.18. The van der Waals surface area contributed by atoms with Crippen molar-refractivity contribution in [3.8, 4) is 0 Å². The Kier molecular flexibility index (Phi) is 4.15. The van der Waals surface area contributed by atoms with Gasteiger partial charge in [-0.1, -0.05) is 0 Å². The first-order valence-electron chi connectivity index (χ1n) is 3.66. The van der Waals surface area contributed by atoms with Gasteiger partial charge in [-0.3, -0.25) is 0 Å². The Morgan fingerprint density at radius 1 is 1.09 bits per heavy atom. The molecule has 0 amide bonds. The first kappa shape index (κ1) is 11.0. The summed E-state index contributed by atoms with van der Waals surface area (Å²) in [6.45, 7) is 10.8.